The molecule has 1 aliphatic carbocycles. The van der Waals surface area contributed by atoms with E-state index in [0.29, 0.717) is 0 Å². The third kappa shape index (κ3) is 3.31. The Hall–Kier alpha value is -4.10. The number of rotatable bonds is 2. The van der Waals surface area contributed by atoms with Crippen LogP contribution in [0.1, 0.15) is 37.5 Å². The lowest BCUT2D eigenvalue weighted by Gasteiger charge is -2.19. The molecule has 0 saturated heterocycles. The van der Waals surface area contributed by atoms with Crippen LogP contribution < -0.4 is 0 Å². The van der Waals surface area contributed by atoms with Gasteiger partial charge in [0.2, 0.25) is 0 Å². The van der Waals surface area contributed by atoms with Crippen LogP contribution in [0.15, 0.2) is 108 Å². The molecule has 36 heavy (non-hydrogen) atoms. The van der Waals surface area contributed by atoms with E-state index in [1.807, 2.05) is 12.1 Å². The van der Waals surface area contributed by atoms with Gasteiger partial charge in [0.15, 0.2) is 0 Å². The standard InChI is InChI=1S/C35H28O/c1-35(2,3)27-17-15-22(16-18-27)23-11-12-24-19-25-13-14-26(21-32(25)31(24)20-23)28-8-6-9-30-29-7-4-5-10-33(29)36-34(28)30/h4-18,20-21H,19H2,1-3H3. The van der Waals surface area contributed by atoms with Crippen LogP contribution in [-0.2, 0) is 11.8 Å². The number of hydrogen-bond acceptors (Lipinski definition) is 1. The Bertz CT molecular complexity index is 1770. The van der Waals surface area contributed by atoms with Gasteiger partial charge in [0.1, 0.15) is 11.2 Å². The molecule has 1 aliphatic rings. The van der Waals surface area contributed by atoms with Crippen molar-refractivity contribution in [2.24, 2.45) is 0 Å². The van der Waals surface area contributed by atoms with E-state index >= 15 is 0 Å². The van der Waals surface area contributed by atoms with Crippen LogP contribution in [0.2, 0.25) is 0 Å². The van der Waals surface area contributed by atoms with Gasteiger partial charge < -0.3 is 4.42 Å². The lowest BCUT2D eigenvalue weighted by molar-refractivity contribution is 0.590. The van der Waals surface area contributed by atoms with Gasteiger partial charge >= 0.3 is 0 Å². The lowest BCUT2D eigenvalue weighted by atomic mass is 9.86. The fraction of sp³-hybridized carbons (Fsp3) is 0.143. The van der Waals surface area contributed by atoms with E-state index in [1.165, 1.54) is 55.3 Å². The zero-order valence-corrected chi connectivity index (χ0v) is 20.9. The van der Waals surface area contributed by atoms with Gasteiger partial charge in [0, 0.05) is 16.3 Å². The lowest BCUT2D eigenvalue weighted by Crippen LogP contribution is -2.10. The quantitative estimate of drug-likeness (QED) is 0.248. The molecule has 0 bridgehead atoms. The normalized spacial score (nSPS) is 12.8. The van der Waals surface area contributed by atoms with Crippen molar-refractivity contribution < 1.29 is 4.42 Å². The van der Waals surface area contributed by atoms with Gasteiger partial charge in [0.05, 0.1) is 0 Å². The average molecular weight is 465 g/mol. The number of hydrogen-bond donors (Lipinski definition) is 0. The molecule has 0 radical (unpaired) electrons. The fourth-order valence-corrected chi connectivity index (χ4v) is 5.65. The summed E-state index contributed by atoms with van der Waals surface area (Å²) in [6, 6.07) is 37.7. The Kier molecular flexibility index (Phi) is 4.53. The Balaban J connectivity index is 1.33. The molecule has 0 saturated carbocycles. The molecular formula is C35H28O. The Morgan fingerprint density at radius 1 is 0.556 bits per heavy atom. The van der Waals surface area contributed by atoms with Crippen molar-refractivity contribution in [2.45, 2.75) is 32.6 Å². The molecule has 0 aliphatic heterocycles. The van der Waals surface area contributed by atoms with Gasteiger partial charge in [-0.3, -0.25) is 0 Å². The molecular weight excluding hydrogens is 436 g/mol. The third-order valence-corrected chi connectivity index (χ3v) is 7.69. The fourth-order valence-electron chi connectivity index (χ4n) is 5.65. The average Bonchev–Trinajstić information content (AvgIpc) is 3.45. The second-order valence-corrected chi connectivity index (χ2v) is 11.0. The predicted octanol–water partition coefficient (Wildman–Crippen LogP) is 9.79. The Morgan fingerprint density at radius 3 is 1.94 bits per heavy atom. The number of fused-ring (bicyclic) bond motifs is 6. The highest BCUT2D eigenvalue weighted by Gasteiger charge is 2.21. The Morgan fingerprint density at radius 2 is 1.19 bits per heavy atom. The molecule has 1 aromatic heterocycles. The zero-order chi connectivity index (χ0) is 24.4. The van der Waals surface area contributed by atoms with Gasteiger partial charge in [-0.1, -0.05) is 106 Å². The van der Waals surface area contributed by atoms with Crippen molar-refractivity contribution >= 4 is 21.9 Å². The highest BCUT2D eigenvalue weighted by Crippen LogP contribution is 2.43. The van der Waals surface area contributed by atoms with Crippen molar-refractivity contribution in [2.75, 3.05) is 0 Å². The summed E-state index contributed by atoms with van der Waals surface area (Å²) in [6.07, 6.45) is 0.989. The zero-order valence-electron chi connectivity index (χ0n) is 20.9. The van der Waals surface area contributed by atoms with Gasteiger partial charge in [-0.05, 0) is 74.5 Å². The minimum Gasteiger partial charge on any atom is -0.455 e. The second-order valence-electron chi connectivity index (χ2n) is 11.0. The molecule has 1 nitrogen and oxygen atoms in total. The molecule has 0 atom stereocenters. The van der Waals surface area contributed by atoms with Gasteiger partial charge in [-0.15, -0.1) is 0 Å². The van der Waals surface area contributed by atoms with E-state index in [2.05, 4.69) is 112 Å². The molecule has 5 aromatic carbocycles. The monoisotopic (exact) mass is 464 g/mol. The SMILES string of the molecule is CC(C)(C)c1ccc(-c2ccc3c(c2)-c2cc(-c4cccc5c4oc4ccccc45)ccc2C3)cc1. The smallest absolute Gasteiger partial charge is 0.143 e. The summed E-state index contributed by atoms with van der Waals surface area (Å²) >= 11 is 0. The summed E-state index contributed by atoms with van der Waals surface area (Å²) in [6.45, 7) is 6.79. The number of para-hydroxylation sites is 2. The van der Waals surface area contributed by atoms with E-state index in [9.17, 15) is 0 Å². The number of benzene rings is 5. The molecule has 1 heteroatoms. The molecule has 0 fully saturated rings. The van der Waals surface area contributed by atoms with E-state index in [4.69, 9.17) is 4.42 Å². The first kappa shape index (κ1) is 21.2. The molecule has 174 valence electrons. The predicted molar refractivity (Wildman–Crippen MR) is 152 cm³/mol. The largest absolute Gasteiger partial charge is 0.455 e. The van der Waals surface area contributed by atoms with E-state index < -0.39 is 0 Å². The Labute approximate surface area is 212 Å². The van der Waals surface area contributed by atoms with Gasteiger partial charge in [-0.25, -0.2) is 0 Å². The molecule has 0 spiro atoms. The maximum atomic E-state index is 6.34. The van der Waals surface area contributed by atoms with Crippen LogP contribution in [0, 0.1) is 0 Å². The minimum absolute atomic E-state index is 0.161. The number of furan rings is 1. The molecule has 0 amide bonds. The molecule has 0 N–H and O–H groups in total. The van der Waals surface area contributed by atoms with Crippen LogP contribution in [0.5, 0.6) is 0 Å². The second kappa shape index (κ2) is 7.70. The van der Waals surface area contributed by atoms with Crippen LogP contribution in [-0.4, -0.2) is 0 Å². The molecule has 6 aromatic rings. The van der Waals surface area contributed by atoms with E-state index in [0.717, 1.165) is 23.2 Å². The van der Waals surface area contributed by atoms with Crippen molar-refractivity contribution in [3.05, 3.63) is 120 Å². The van der Waals surface area contributed by atoms with Gasteiger partial charge in [0.25, 0.3) is 0 Å². The topological polar surface area (TPSA) is 13.1 Å². The van der Waals surface area contributed by atoms with Crippen molar-refractivity contribution in [3.8, 4) is 33.4 Å². The highest BCUT2D eigenvalue weighted by atomic mass is 16.3. The van der Waals surface area contributed by atoms with E-state index in [-0.39, 0.29) is 5.41 Å². The van der Waals surface area contributed by atoms with Crippen molar-refractivity contribution in [1.82, 2.24) is 0 Å². The van der Waals surface area contributed by atoms with Crippen LogP contribution in [0.4, 0.5) is 0 Å². The summed E-state index contributed by atoms with van der Waals surface area (Å²) < 4.78 is 6.34. The maximum Gasteiger partial charge on any atom is 0.143 e. The van der Waals surface area contributed by atoms with Crippen LogP contribution >= 0.6 is 0 Å². The summed E-state index contributed by atoms with van der Waals surface area (Å²) in [5.74, 6) is 0. The first-order valence-electron chi connectivity index (χ1n) is 12.7. The summed E-state index contributed by atoms with van der Waals surface area (Å²) in [7, 11) is 0. The molecule has 7 rings (SSSR count). The highest BCUT2D eigenvalue weighted by molar-refractivity contribution is 6.09. The third-order valence-electron chi connectivity index (χ3n) is 7.69. The summed E-state index contributed by atoms with van der Waals surface area (Å²) in [4.78, 5) is 0. The van der Waals surface area contributed by atoms with Crippen molar-refractivity contribution in [3.63, 3.8) is 0 Å². The van der Waals surface area contributed by atoms with Crippen LogP contribution in [0.25, 0.3) is 55.3 Å². The first-order valence-corrected chi connectivity index (χ1v) is 12.7. The van der Waals surface area contributed by atoms with Crippen molar-refractivity contribution in [1.29, 1.82) is 0 Å². The minimum atomic E-state index is 0.161. The van der Waals surface area contributed by atoms with Crippen LogP contribution in [0.3, 0.4) is 0 Å². The first-order chi connectivity index (χ1) is 17.5. The van der Waals surface area contributed by atoms with E-state index in [1.54, 1.807) is 0 Å². The van der Waals surface area contributed by atoms with Gasteiger partial charge in [-0.2, -0.15) is 0 Å². The summed E-state index contributed by atoms with van der Waals surface area (Å²) in [5.41, 5.74) is 13.8. The molecule has 0 unspecified atom stereocenters. The summed E-state index contributed by atoms with van der Waals surface area (Å²) in [5, 5.41) is 2.34. The molecule has 1 heterocycles. The maximum absolute atomic E-state index is 6.34.